The van der Waals surface area contributed by atoms with E-state index in [2.05, 4.69) is 16.3 Å². The first kappa shape index (κ1) is 20.7. The van der Waals surface area contributed by atoms with Crippen LogP contribution in [0.15, 0.2) is 18.2 Å². The molecule has 1 N–H and O–H groups in total. The monoisotopic (exact) mass is 362 g/mol. The summed E-state index contributed by atoms with van der Waals surface area (Å²) in [5, 5.41) is 3.43. The summed E-state index contributed by atoms with van der Waals surface area (Å²) < 4.78 is 14.0. The minimum absolute atomic E-state index is 0. The first-order chi connectivity index (χ1) is 10.3. The van der Waals surface area contributed by atoms with Crippen molar-refractivity contribution in [2.45, 2.75) is 45.1 Å². The Morgan fingerprint density at radius 2 is 1.74 bits per heavy atom. The Balaban J connectivity index is 0.00000132. The van der Waals surface area contributed by atoms with Crippen molar-refractivity contribution in [2.24, 2.45) is 5.92 Å². The zero-order valence-corrected chi connectivity index (χ0v) is 15.5. The molecule has 1 heterocycles. The summed E-state index contributed by atoms with van der Waals surface area (Å²) in [4.78, 5) is 2.58. The first-order valence-corrected chi connectivity index (χ1v) is 8.46. The molecule has 23 heavy (non-hydrogen) atoms. The zero-order valence-electron chi connectivity index (χ0n) is 13.9. The van der Waals surface area contributed by atoms with Crippen LogP contribution in [0.2, 0.25) is 0 Å². The molecule has 1 aliphatic carbocycles. The molecule has 3 rings (SSSR count). The molecule has 1 aromatic carbocycles. The van der Waals surface area contributed by atoms with Gasteiger partial charge in [0, 0.05) is 32.2 Å². The Morgan fingerprint density at radius 3 is 2.35 bits per heavy atom. The van der Waals surface area contributed by atoms with E-state index in [1.807, 2.05) is 13.0 Å². The van der Waals surface area contributed by atoms with E-state index in [1.165, 1.54) is 37.7 Å². The van der Waals surface area contributed by atoms with E-state index in [4.69, 9.17) is 0 Å². The number of piperazine rings is 1. The number of aryl methyl sites for hydroxylation is 1. The van der Waals surface area contributed by atoms with Crippen molar-refractivity contribution in [2.75, 3.05) is 26.2 Å². The molecular weight excluding hydrogens is 334 g/mol. The van der Waals surface area contributed by atoms with Crippen molar-refractivity contribution < 1.29 is 4.39 Å². The van der Waals surface area contributed by atoms with Crippen molar-refractivity contribution >= 4 is 24.8 Å². The number of halogens is 3. The van der Waals surface area contributed by atoms with Crippen LogP contribution in [0.5, 0.6) is 0 Å². The van der Waals surface area contributed by atoms with Gasteiger partial charge in [0.15, 0.2) is 0 Å². The topological polar surface area (TPSA) is 15.3 Å². The highest BCUT2D eigenvalue weighted by atomic mass is 35.5. The third-order valence-electron chi connectivity index (χ3n) is 5.18. The largest absolute Gasteiger partial charge is 0.314 e. The molecule has 2 nitrogen and oxygen atoms in total. The summed E-state index contributed by atoms with van der Waals surface area (Å²) in [6.45, 7) is 6.11. The first-order valence-electron chi connectivity index (χ1n) is 8.46. The third kappa shape index (κ3) is 5.06. The van der Waals surface area contributed by atoms with Crippen molar-refractivity contribution in [3.63, 3.8) is 0 Å². The molecule has 132 valence electrons. The van der Waals surface area contributed by atoms with E-state index in [0.717, 1.165) is 31.7 Å². The average Bonchev–Trinajstić information content (AvgIpc) is 2.53. The van der Waals surface area contributed by atoms with E-state index in [-0.39, 0.29) is 30.6 Å². The van der Waals surface area contributed by atoms with Crippen LogP contribution >= 0.6 is 24.8 Å². The molecule has 0 amide bonds. The van der Waals surface area contributed by atoms with Gasteiger partial charge in [0.2, 0.25) is 0 Å². The van der Waals surface area contributed by atoms with Gasteiger partial charge < -0.3 is 5.32 Å². The summed E-state index contributed by atoms with van der Waals surface area (Å²) in [5.41, 5.74) is 1.94. The Kier molecular flexibility index (Phi) is 8.84. The van der Waals surface area contributed by atoms with Crippen LogP contribution in [0.4, 0.5) is 4.39 Å². The predicted octanol–water partition coefficient (Wildman–Crippen LogP) is 4.50. The number of benzene rings is 1. The minimum Gasteiger partial charge on any atom is -0.314 e. The van der Waals surface area contributed by atoms with Crippen molar-refractivity contribution in [1.82, 2.24) is 10.2 Å². The maximum atomic E-state index is 14.0. The van der Waals surface area contributed by atoms with Gasteiger partial charge >= 0.3 is 0 Å². The lowest BCUT2D eigenvalue weighted by Gasteiger charge is -2.41. The summed E-state index contributed by atoms with van der Waals surface area (Å²) in [5.74, 6) is 0.641. The van der Waals surface area contributed by atoms with Gasteiger partial charge in [0.25, 0.3) is 0 Å². The van der Waals surface area contributed by atoms with Gasteiger partial charge in [-0.15, -0.1) is 24.8 Å². The number of nitrogens with zero attached hydrogens (tertiary/aromatic N) is 1. The van der Waals surface area contributed by atoms with Crippen LogP contribution in [0.25, 0.3) is 0 Å². The van der Waals surface area contributed by atoms with Gasteiger partial charge in [0.1, 0.15) is 5.82 Å². The molecule has 1 aromatic rings. The normalized spacial score (nSPS) is 21.1. The zero-order chi connectivity index (χ0) is 14.7. The summed E-state index contributed by atoms with van der Waals surface area (Å²) in [7, 11) is 0. The fraction of sp³-hybridized carbons (Fsp3) is 0.667. The minimum atomic E-state index is -0.0524. The van der Waals surface area contributed by atoms with Gasteiger partial charge in [0.05, 0.1) is 0 Å². The Hall–Kier alpha value is -0.350. The van der Waals surface area contributed by atoms with Crippen molar-refractivity contribution in [3.05, 3.63) is 35.1 Å². The van der Waals surface area contributed by atoms with Crippen molar-refractivity contribution in [3.8, 4) is 0 Å². The van der Waals surface area contributed by atoms with E-state index in [9.17, 15) is 4.39 Å². The van der Waals surface area contributed by atoms with Gasteiger partial charge in [-0.25, -0.2) is 4.39 Å². The molecule has 0 aromatic heterocycles. The molecule has 0 radical (unpaired) electrons. The fourth-order valence-electron chi connectivity index (χ4n) is 3.98. The lowest BCUT2D eigenvalue weighted by Crippen LogP contribution is -2.47. The van der Waals surface area contributed by atoms with E-state index >= 15 is 0 Å². The van der Waals surface area contributed by atoms with Gasteiger partial charge in [-0.2, -0.15) is 0 Å². The molecule has 2 fully saturated rings. The van der Waals surface area contributed by atoms with E-state index < -0.39 is 0 Å². The maximum absolute atomic E-state index is 14.0. The summed E-state index contributed by atoms with van der Waals surface area (Å²) >= 11 is 0. The lowest BCUT2D eigenvalue weighted by atomic mass is 9.80. The number of hydrogen-bond acceptors (Lipinski definition) is 2. The summed E-state index contributed by atoms with van der Waals surface area (Å²) in [6, 6.07) is 6.29. The SMILES string of the molecule is Cc1ccc([C@H](C2CCCCC2)N2CCNCC2)cc1F.Cl.Cl. The Bertz CT molecular complexity index is 454. The van der Waals surface area contributed by atoms with Crippen LogP contribution < -0.4 is 5.32 Å². The molecular formula is C18H29Cl2FN2. The standard InChI is InChI=1S/C18H27FN2.2ClH/c1-14-7-8-16(13-17(14)19)18(15-5-3-2-4-6-15)21-11-9-20-10-12-21;;/h7-8,13,15,18,20H,2-6,9-12H2,1H3;2*1H/t18-;;/m0../s1. The van der Waals surface area contributed by atoms with E-state index in [0.29, 0.717) is 12.0 Å². The van der Waals surface area contributed by atoms with Crippen molar-refractivity contribution in [1.29, 1.82) is 0 Å². The van der Waals surface area contributed by atoms with Crippen LogP contribution in [0, 0.1) is 18.7 Å². The van der Waals surface area contributed by atoms with Crippen LogP contribution in [-0.4, -0.2) is 31.1 Å². The maximum Gasteiger partial charge on any atom is 0.126 e. The molecule has 1 saturated carbocycles. The van der Waals surface area contributed by atoms with Gasteiger partial charge in [-0.05, 0) is 42.9 Å². The highest BCUT2D eigenvalue weighted by Gasteiger charge is 2.31. The number of rotatable bonds is 3. The molecule has 1 saturated heterocycles. The Morgan fingerprint density at radius 1 is 1.09 bits per heavy atom. The smallest absolute Gasteiger partial charge is 0.126 e. The Labute approximate surface area is 152 Å². The molecule has 0 spiro atoms. The van der Waals surface area contributed by atoms with Gasteiger partial charge in [-0.1, -0.05) is 31.4 Å². The number of hydrogen-bond donors (Lipinski definition) is 1. The molecule has 0 bridgehead atoms. The molecule has 1 aliphatic heterocycles. The third-order valence-corrected chi connectivity index (χ3v) is 5.18. The van der Waals surface area contributed by atoms with Crippen LogP contribution in [-0.2, 0) is 0 Å². The predicted molar refractivity (Wildman–Crippen MR) is 99.4 cm³/mol. The second-order valence-electron chi connectivity index (χ2n) is 6.64. The quantitative estimate of drug-likeness (QED) is 0.850. The average molecular weight is 363 g/mol. The van der Waals surface area contributed by atoms with Gasteiger partial charge in [-0.3, -0.25) is 4.90 Å². The highest BCUT2D eigenvalue weighted by Crippen LogP contribution is 2.38. The number of nitrogens with one attached hydrogen (secondary N) is 1. The second kappa shape index (κ2) is 9.83. The van der Waals surface area contributed by atoms with E-state index in [1.54, 1.807) is 6.07 Å². The molecule has 0 unspecified atom stereocenters. The fourth-order valence-corrected chi connectivity index (χ4v) is 3.98. The lowest BCUT2D eigenvalue weighted by molar-refractivity contribution is 0.103. The van der Waals surface area contributed by atoms with Crippen LogP contribution in [0.1, 0.15) is 49.3 Å². The van der Waals surface area contributed by atoms with Crippen LogP contribution in [0.3, 0.4) is 0 Å². The molecule has 1 atom stereocenters. The molecule has 2 aliphatic rings. The second-order valence-corrected chi connectivity index (χ2v) is 6.64. The summed E-state index contributed by atoms with van der Waals surface area (Å²) in [6.07, 6.45) is 6.63. The highest BCUT2D eigenvalue weighted by molar-refractivity contribution is 5.85. The molecule has 5 heteroatoms.